The Morgan fingerprint density at radius 2 is 1.79 bits per heavy atom. The molecule has 0 spiro atoms. The maximum absolute atomic E-state index is 12.0. The maximum atomic E-state index is 12.0. The first kappa shape index (κ1) is 26.2. The van der Waals surface area contributed by atoms with Crippen molar-refractivity contribution in [3.05, 3.63) is 35.4 Å². The van der Waals surface area contributed by atoms with E-state index in [2.05, 4.69) is 20.9 Å². The zero-order valence-electron chi connectivity index (χ0n) is 17.5. The van der Waals surface area contributed by atoms with Crippen LogP contribution in [0.2, 0.25) is 0 Å². The Hall–Kier alpha value is -1.84. The number of nitrogens with one attached hydrogen (secondary N) is 3. The summed E-state index contributed by atoms with van der Waals surface area (Å²) in [6.45, 7) is 8.27. The Balaban J connectivity index is 0.00000729. The lowest BCUT2D eigenvalue weighted by Gasteiger charge is -2.13. The number of hydrogen-bond donors (Lipinski definition) is 3. The highest BCUT2D eigenvalue weighted by molar-refractivity contribution is 14.0. The zero-order valence-corrected chi connectivity index (χ0v) is 19.9. The summed E-state index contributed by atoms with van der Waals surface area (Å²) in [6, 6.07) is 7.65. The second-order valence-corrected chi connectivity index (χ2v) is 6.78. The largest absolute Gasteiger partial charge is 0.357 e. The number of rotatable bonds is 9. The number of benzene rings is 1. The molecule has 0 atom stereocenters. The molecule has 0 aliphatic heterocycles. The Morgan fingerprint density at radius 3 is 2.39 bits per heavy atom. The van der Waals surface area contributed by atoms with Crippen molar-refractivity contribution >= 4 is 41.8 Å². The van der Waals surface area contributed by atoms with Gasteiger partial charge >= 0.3 is 0 Å². The molecule has 3 N–H and O–H groups in total. The molecule has 0 saturated carbocycles. The monoisotopic (exact) mass is 503 g/mol. The summed E-state index contributed by atoms with van der Waals surface area (Å²) in [7, 11) is 3.49. The fourth-order valence-electron chi connectivity index (χ4n) is 2.33. The molecule has 0 unspecified atom stereocenters. The van der Waals surface area contributed by atoms with Gasteiger partial charge in [0.15, 0.2) is 5.96 Å². The van der Waals surface area contributed by atoms with Gasteiger partial charge in [0, 0.05) is 51.8 Å². The van der Waals surface area contributed by atoms with E-state index in [-0.39, 0.29) is 41.7 Å². The smallest absolute Gasteiger partial charge is 0.253 e. The minimum atomic E-state index is -0.0120. The molecular weight excluding hydrogens is 469 g/mol. The van der Waals surface area contributed by atoms with Crippen LogP contribution < -0.4 is 16.0 Å². The van der Waals surface area contributed by atoms with E-state index in [1.165, 1.54) is 0 Å². The molecular formula is C20H34IN5O2. The van der Waals surface area contributed by atoms with Crippen molar-refractivity contribution in [2.75, 3.05) is 40.3 Å². The number of carbonyl (C=O) groups excluding carboxylic acids is 2. The summed E-state index contributed by atoms with van der Waals surface area (Å²) >= 11 is 0. The van der Waals surface area contributed by atoms with Gasteiger partial charge in [0.05, 0.1) is 0 Å². The van der Waals surface area contributed by atoms with Gasteiger partial charge in [-0.05, 0) is 31.0 Å². The lowest BCUT2D eigenvalue weighted by molar-refractivity contribution is -0.123. The average Bonchev–Trinajstić information content (AvgIpc) is 2.64. The van der Waals surface area contributed by atoms with Gasteiger partial charge in [0.2, 0.25) is 5.91 Å². The van der Waals surface area contributed by atoms with Crippen LogP contribution in [0.25, 0.3) is 0 Å². The van der Waals surface area contributed by atoms with E-state index in [0.29, 0.717) is 25.2 Å². The maximum Gasteiger partial charge on any atom is 0.253 e. The Morgan fingerprint density at radius 1 is 1.11 bits per heavy atom. The highest BCUT2D eigenvalue weighted by Gasteiger charge is 2.08. The van der Waals surface area contributed by atoms with Crippen LogP contribution in [0.4, 0.5) is 0 Å². The van der Waals surface area contributed by atoms with Crippen molar-refractivity contribution in [3.63, 3.8) is 0 Å². The van der Waals surface area contributed by atoms with Gasteiger partial charge < -0.3 is 20.9 Å². The van der Waals surface area contributed by atoms with Crippen LogP contribution in [-0.2, 0) is 11.2 Å². The molecule has 2 amide bonds. The fourth-order valence-corrected chi connectivity index (χ4v) is 2.33. The molecule has 28 heavy (non-hydrogen) atoms. The topological polar surface area (TPSA) is 85.8 Å². The average molecular weight is 503 g/mol. The normalized spacial score (nSPS) is 10.9. The van der Waals surface area contributed by atoms with E-state index in [4.69, 9.17) is 0 Å². The number of amides is 2. The predicted octanol–water partition coefficient (Wildman–Crippen LogP) is 1.88. The lowest BCUT2D eigenvalue weighted by Crippen LogP contribution is -2.42. The van der Waals surface area contributed by atoms with Crippen LogP contribution in [-0.4, -0.2) is 62.9 Å². The second kappa shape index (κ2) is 14.2. The Labute approximate surface area is 185 Å². The number of hydrogen-bond acceptors (Lipinski definition) is 3. The van der Waals surface area contributed by atoms with Crippen molar-refractivity contribution in [2.45, 2.75) is 27.2 Å². The van der Waals surface area contributed by atoms with E-state index in [1.54, 1.807) is 19.0 Å². The van der Waals surface area contributed by atoms with Crippen LogP contribution in [0.15, 0.2) is 29.3 Å². The van der Waals surface area contributed by atoms with Crippen LogP contribution in [0.1, 0.15) is 36.7 Å². The first-order valence-electron chi connectivity index (χ1n) is 9.45. The Bertz CT molecular complexity index is 647. The molecule has 0 aliphatic rings. The molecule has 1 rings (SSSR count). The standard InChI is InChI=1S/C20H33N5O2.HI/c1-6-21-20(24-13-12-22-18(26)15(2)3)23-11-10-16-8-7-9-17(14-16)19(27)25(4)5;/h7-9,14-15H,6,10-13H2,1-5H3,(H,22,26)(H2,21,23,24);1H. The number of carbonyl (C=O) groups is 2. The van der Waals surface area contributed by atoms with Gasteiger partial charge in [-0.3, -0.25) is 14.6 Å². The SMILES string of the molecule is CCNC(=NCCc1cccc(C(=O)N(C)C)c1)NCCNC(=O)C(C)C.I. The van der Waals surface area contributed by atoms with Gasteiger partial charge in [-0.15, -0.1) is 24.0 Å². The number of aliphatic imine (C=N–C) groups is 1. The van der Waals surface area contributed by atoms with Gasteiger partial charge in [0.25, 0.3) is 5.91 Å². The molecule has 8 heteroatoms. The fraction of sp³-hybridized carbons (Fsp3) is 0.550. The molecule has 7 nitrogen and oxygen atoms in total. The number of guanidine groups is 1. The molecule has 0 aromatic heterocycles. The molecule has 1 aromatic carbocycles. The second-order valence-electron chi connectivity index (χ2n) is 6.78. The van der Waals surface area contributed by atoms with Crippen molar-refractivity contribution in [3.8, 4) is 0 Å². The van der Waals surface area contributed by atoms with E-state index in [0.717, 1.165) is 24.5 Å². The van der Waals surface area contributed by atoms with Gasteiger partial charge in [-0.1, -0.05) is 26.0 Å². The zero-order chi connectivity index (χ0) is 20.2. The quantitative estimate of drug-likeness (QED) is 0.208. The number of halogens is 1. The van der Waals surface area contributed by atoms with Crippen molar-refractivity contribution < 1.29 is 9.59 Å². The molecule has 0 aliphatic carbocycles. The highest BCUT2D eigenvalue weighted by Crippen LogP contribution is 2.08. The predicted molar refractivity (Wildman–Crippen MR) is 125 cm³/mol. The summed E-state index contributed by atoms with van der Waals surface area (Å²) in [5, 5.41) is 9.27. The van der Waals surface area contributed by atoms with E-state index in [1.807, 2.05) is 45.0 Å². The Kier molecular flexibility index (Phi) is 13.3. The minimum Gasteiger partial charge on any atom is -0.357 e. The molecule has 0 heterocycles. The molecule has 0 saturated heterocycles. The molecule has 0 radical (unpaired) electrons. The van der Waals surface area contributed by atoms with Crippen molar-refractivity contribution in [1.29, 1.82) is 0 Å². The third-order valence-corrected chi connectivity index (χ3v) is 3.84. The highest BCUT2D eigenvalue weighted by atomic mass is 127. The summed E-state index contributed by atoms with van der Waals surface area (Å²) in [5.74, 6) is 0.753. The molecule has 158 valence electrons. The van der Waals surface area contributed by atoms with Crippen LogP contribution in [0, 0.1) is 5.92 Å². The van der Waals surface area contributed by atoms with E-state index in [9.17, 15) is 9.59 Å². The third kappa shape index (κ3) is 9.91. The summed E-state index contributed by atoms with van der Waals surface area (Å²) < 4.78 is 0. The van der Waals surface area contributed by atoms with Gasteiger partial charge in [-0.25, -0.2) is 0 Å². The van der Waals surface area contributed by atoms with Crippen LogP contribution in [0.5, 0.6) is 0 Å². The summed E-state index contributed by atoms with van der Waals surface area (Å²) in [4.78, 5) is 29.7. The first-order chi connectivity index (χ1) is 12.8. The lowest BCUT2D eigenvalue weighted by atomic mass is 10.1. The first-order valence-corrected chi connectivity index (χ1v) is 9.45. The van der Waals surface area contributed by atoms with E-state index >= 15 is 0 Å². The van der Waals surface area contributed by atoms with Crippen LogP contribution in [0.3, 0.4) is 0 Å². The molecule has 1 aromatic rings. The van der Waals surface area contributed by atoms with Gasteiger partial charge in [0.1, 0.15) is 0 Å². The van der Waals surface area contributed by atoms with Crippen molar-refractivity contribution in [1.82, 2.24) is 20.9 Å². The van der Waals surface area contributed by atoms with Gasteiger partial charge in [-0.2, -0.15) is 0 Å². The summed E-state index contributed by atoms with van der Waals surface area (Å²) in [6.07, 6.45) is 0.745. The minimum absolute atomic E-state index is 0. The molecule has 0 bridgehead atoms. The van der Waals surface area contributed by atoms with Crippen LogP contribution >= 0.6 is 24.0 Å². The van der Waals surface area contributed by atoms with E-state index < -0.39 is 0 Å². The third-order valence-electron chi connectivity index (χ3n) is 3.84. The van der Waals surface area contributed by atoms with Crippen molar-refractivity contribution in [2.24, 2.45) is 10.9 Å². The molecule has 0 fully saturated rings. The number of nitrogens with zero attached hydrogens (tertiary/aromatic N) is 2. The summed E-state index contributed by atoms with van der Waals surface area (Å²) in [5.41, 5.74) is 1.76.